The molecule has 0 saturated carbocycles. The van der Waals surface area contributed by atoms with Crippen molar-refractivity contribution >= 4 is 11.6 Å². The fraction of sp³-hybridized carbons (Fsp3) is 0.611. The molecule has 0 spiro atoms. The number of carbonyl (C=O) groups excluding carboxylic acids is 1. The molecule has 0 radical (unpaired) electrons. The van der Waals surface area contributed by atoms with Gasteiger partial charge < -0.3 is 11.1 Å². The molecule has 0 fully saturated rings. The van der Waals surface area contributed by atoms with E-state index < -0.39 is 0 Å². The number of rotatable bonds is 8. The molecule has 3 nitrogen and oxygen atoms in total. The van der Waals surface area contributed by atoms with Crippen molar-refractivity contribution in [3.05, 3.63) is 29.3 Å². The molecule has 118 valence electrons. The Kier molecular flexibility index (Phi) is 7.44. The lowest BCUT2D eigenvalue weighted by Gasteiger charge is -2.20. The Morgan fingerprint density at radius 1 is 1.29 bits per heavy atom. The van der Waals surface area contributed by atoms with E-state index in [1.165, 1.54) is 5.56 Å². The largest absolute Gasteiger partial charge is 0.330 e. The lowest BCUT2D eigenvalue weighted by Crippen LogP contribution is -2.19. The van der Waals surface area contributed by atoms with Crippen molar-refractivity contribution in [2.45, 2.75) is 53.4 Å². The van der Waals surface area contributed by atoms with Gasteiger partial charge in [-0.3, -0.25) is 4.79 Å². The second kappa shape index (κ2) is 8.83. The molecule has 0 heterocycles. The van der Waals surface area contributed by atoms with Gasteiger partial charge in [0, 0.05) is 12.1 Å². The van der Waals surface area contributed by atoms with E-state index in [0.29, 0.717) is 24.8 Å². The van der Waals surface area contributed by atoms with Gasteiger partial charge in [0.25, 0.3) is 0 Å². The molecule has 1 aromatic rings. The third-order valence-electron chi connectivity index (χ3n) is 4.23. The van der Waals surface area contributed by atoms with Crippen molar-refractivity contribution in [1.82, 2.24) is 0 Å². The summed E-state index contributed by atoms with van der Waals surface area (Å²) < 4.78 is 0. The van der Waals surface area contributed by atoms with Crippen LogP contribution in [0.1, 0.15) is 51.2 Å². The van der Waals surface area contributed by atoms with Crippen molar-refractivity contribution in [3.8, 4) is 0 Å². The van der Waals surface area contributed by atoms with E-state index in [2.05, 4.69) is 32.2 Å². The summed E-state index contributed by atoms with van der Waals surface area (Å²) in [5.74, 6) is 1.22. The molecular weight excluding hydrogens is 260 g/mol. The molecule has 1 aromatic carbocycles. The number of anilines is 1. The molecule has 0 aromatic heterocycles. The molecular formula is C18H30N2O. The van der Waals surface area contributed by atoms with Gasteiger partial charge in [-0.15, -0.1) is 0 Å². The normalized spacial score (nSPS) is 12.5. The summed E-state index contributed by atoms with van der Waals surface area (Å²) in [4.78, 5) is 12.2. The third-order valence-corrected chi connectivity index (χ3v) is 4.23. The minimum atomic E-state index is 0.113. The number of aryl methyl sites for hydroxylation is 2. The summed E-state index contributed by atoms with van der Waals surface area (Å²) in [6.07, 6.45) is 3.41. The molecule has 1 rings (SSSR count). The Bertz CT molecular complexity index is 455. The van der Waals surface area contributed by atoms with Crippen molar-refractivity contribution in [3.63, 3.8) is 0 Å². The first kappa shape index (κ1) is 17.7. The standard InChI is InChI=1S/C18H30N2O/c1-5-15-8-6-7-14(4)18(15)20-17(21)10-9-16(11-12-19)13(2)3/h6-8,13,16H,5,9-12,19H2,1-4H3,(H,20,21). The summed E-state index contributed by atoms with van der Waals surface area (Å²) in [6, 6.07) is 6.16. The number of carbonyl (C=O) groups is 1. The van der Waals surface area contributed by atoms with Gasteiger partial charge in [-0.2, -0.15) is 0 Å². The van der Waals surface area contributed by atoms with Crippen LogP contribution >= 0.6 is 0 Å². The molecule has 3 N–H and O–H groups in total. The second-order valence-corrected chi connectivity index (χ2v) is 6.13. The van der Waals surface area contributed by atoms with Crippen LogP contribution in [0.15, 0.2) is 18.2 Å². The van der Waals surface area contributed by atoms with Crippen LogP contribution in [-0.4, -0.2) is 12.5 Å². The Hall–Kier alpha value is -1.35. The number of hydrogen-bond acceptors (Lipinski definition) is 2. The topological polar surface area (TPSA) is 55.1 Å². The number of nitrogens with one attached hydrogen (secondary N) is 1. The smallest absolute Gasteiger partial charge is 0.224 e. The molecule has 0 aliphatic heterocycles. The van der Waals surface area contributed by atoms with Crippen LogP contribution in [0, 0.1) is 18.8 Å². The van der Waals surface area contributed by atoms with Crippen LogP contribution in [0.3, 0.4) is 0 Å². The maximum atomic E-state index is 12.2. The van der Waals surface area contributed by atoms with E-state index in [1.807, 2.05) is 19.1 Å². The molecule has 21 heavy (non-hydrogen) atoms. The molecule has 0 bridgehead atoms. The van der Waals surface area contributed by atoms with Gasteiger partial charge in [0.1, 0.15) is 0 Å². The third kappa shape index (κ3) is 5.50. The van der Waals surface area contributed by atoms with Gasteiger partial charge in [-0.05, 0) is 55.7 Å². The maximum absolute atomic E-state index is 12.2. The van der Waals surface area contributed by atoms with Gasteiger partial charge >= 0.3 is 0 Å². The van der Waals surface area contributed by atoms with Crippen LogP contribution in [0.5, 0.6) is 0 Å². The van der Waals surface area contributed by atoms with Crippen molar-refractivity contribution < 1.29 is 4.79 Å². The predicted molar refractivity (Wildman–Crippen MR) is 90.4 cm³/mol. The van der Waals surface area contributed by atoms with Gasteiger partial charge in [0.05, 0.1) is 0 Å². The average Bonchev–Trinajstić information content (AvgIpc) is 2.45. The van der Waals surface area contributed by atoms with E-state index in [9.17, 15) is 4.79 Å². The number of amides is 1. The Balaban J connectivity index is 2.62. The lowest BCUT2D eigenvalue weighted by molar-refractivity contribution is -0.116. The summed E-state index contributed by atoms with van der Waals surface area (Å²) in [5.41, 5.74) is 8.97. The van der Waals surface area contributed by atoms with Gasteiger partial charge in [-0.25, -0.2) is 0 Å². The average molecular weight is 290 g/mol. The first-order valence-electron chi connectivity index (χ1n) is 8.08. The van der Waals surface area contributed by atoms with E-state index in [4.69, 9.17) is 5.73 Å². The van der Waals surface area contributed by atoms with Crippen LogP contribution in [0.25, 0.3) is 0 Å². The zero-order valence-electron chi connectivity index (χ0n) is 13.9. The summed E-state index contributed by atoms with van der Waals surface area (Å²) in [6.45, 7) is 9.26. The van der Waals surface area contributed by atoms with E-state index in [1.54, 1.807) is 0 Å². The molecule has 0 aliphatic carbocycles. The molecule has 0 aliphatic rings. The quantitative estimate of drug-likeness (QED) is 0.763. The highest BCUT2D eigenvalue weighted by atomic mass is 16.1. The second-order valence-electron chi connectivity index (χ2n) is 6.13. The molecule has 1 atom stereocenters. The highest BCUT2D eigenvalue weighted by Crippen LogP contribution is 2.23. The minimum absolute atomic E-state index is 0.113. The van der Waals surface area contributed by atoms with Crippen LogP contribution in [-0.2, 0) is 11.2 Å². The monoisotopic (exact) mass is 290 g/mol. The first-order valence-corrected chi connectivity index (χ1v) is 8.08. The maximum Gasteiger partial charge on any atom is 0.224 e. The zero-order valence-corrected chi connectivity index (χ0v) is 13.9. The van der Waals surface area contributed by atoms with Gasteiger partial charge in [0.15, 0.2) is 0 Å². The van der Waals surface area contributed by atoms with Gasteiger partial charge in [0.2, 0.25) is 5.91 Å². The van der Waals surface area contributed by atoms with E-state index in [0.717, 1.165) is 30.5 Å². The number of hydrogen-bond donors (Lipinski definition) is 2. The molecule has 1 unspecified atom stereocenters. The fourth-order valence-corrected chi connectivity index (χ4v) is 2.75. The summed E-state index contributed by atoms with van der Waals surface area (Å²) in [7, 11) is 0. The fourth-order valence-electron chi connectivity index (χ4n) is 2.75. The van der Waals surface area contributed by atoms with Gasteiger partial charge in [-0.1, -0.05) is 39.0 Å². The predicted octanol–water partition coefficient (Wildman–Crippen LogP) is 3.90. The molecule has 0 saturated heterocycles. The number of nitrogens with two attached hydrogens (primary N) is 1. The van der Waals surface area contributed by atoms with Crippen LogP contribution < -0.4 is 11.1 Å². The Labute approximate surface area is 129 Å². The summed E-state index contributed by atoms with van der Waals surface area (Å²) in [5, 5.41) is 3.10. The minimum Gasteiger partial charge on any atom is -0.330 e. The summed E-state index contributed by atoms with van der Waals surface area (Å²) >= 11 is 0. The number of para-hydroxylation sites is 1. The van der Waals surface area contributed by atoms with Crippen molar-refractivity contribution in [1.29, 1.82) is 0 Å². The lowest BCUT2D eigenvalue weighted by atomic mass is 9.88. The van der Waals surface area contributed by atoms with E-state index in [-0.39, 0.29) is 5.91 Å². The Morgan fingerprint density at radius 3 is 2.57 bits per heavy atom. The molecule has 3 heteroatoms. The van der Waals surface area contributed by atoms with Crippen molar-refractivity contribution in [2.75, 3.05) is 11.9 Å². The molecule has 1 amide bonds. The highest BCUT2D eigenvalue weighted by molar-refractivity contribution is 5.92. The van der Waals surface area contributed by atoms with Crippen LogP contribution in [0.2, 0.25) is 0 Å². The SMILES string of the molecule is CCc1cccc(C)c1NC(=O)CCC(CCN)C(C)C. The zero-order chi connectivity index (χ0) is 15.8. The van der Waals surface area contributed by atoms with Crippen molar-refractivity contribution in [2.24, 2.45) is 17.6 Å². The Morgan fingerprint density at radius 2 is 2.00 bits per heavy atom. The van der Waals surface area contributed by atoms with Crippen LogP contribution in [0.4, 0.5) is 5.69 Å². The highest BCUT2D eigenvalue weighted by Gasteiger charge is 2.15. The first-order chi connectivity index (χ1) is 9.99. The van der Waals surface area contributed by atoms with E-state index >= 15 is 0 Å². The number of benzene rings is 1.